The minimum absolute atomic E-state index is 0.0115. The number of ether oxygens (including phenoxy) is 1. The minimum Gasteiger partial charge on any atom is -0.481 e. The van der Waals surface area contributed by atoms with Crippen molar-refractivity contribution in [3.05, 3.63) is 71.8 Å². The van der Waals surface area contributed by atoms with Crippen LogP contribution in [0.4, 0.5) is 4.79 Å². The van der Waals surface area contributed by atoms with E-state index in [0.29, 0.717) is 25.7 Å². The molecule has 2 aromatic rings. The zero-order valence-electron chi connectivity index (χ0n) is 18.8. The van der Waals surface area contributed by atoms with Crippen molar-refractivity contribution >= 4 is 18.0 Å². The van der Waals surface area contributed by atoms with Gasteiger partial charge in [0.15, 0.2) is 0 Å². The van der Waals surface area contributed by atoms with Gasteiger partial charge in [0.05, 0.1) is 18.0 Å². The fraction of sp³-hybridized carbons (Fsp3) is 0.370. The van der Waals surface area contributed by atoms with Gasteiger partial charge in [0, 0.05) is 11.8 Å². The van der Waals surface area contributed by atoms with Crippen molar-refractivity contribution in [3.63, 3.8) is 0 Å². The van der Waals surface area contributed by atoms with Crippen molar-refractivity contribution in [2.45, 2.75) is 49.6 Å². The zero-order valence-corrected chi connectivity index (χ0v) is 18.8. The summed E-state index contributed by atoms with van der Waals surface area (Å²) in [6.45, 7) is 0.234. The number of aliphatic carboxylic acids is 1. The molecule has 1 fully saturated rings. The Kier molecular flexibility index (Phi) is 5.86. The van der Waals surface area contributed by atoms with Crippen molar-refractivity contribution in [1.82, 2.24) is 10.6 Å². The van der Waals surface area contributed by atoms with Crippen molar-refractivity contribution in [2.24, 2.45) is 5.92 Å². The molecular formula is C27H28N2O5. The number of rotatable bonds is 7. The number of allylic oxidation sites excluding steroid dienone is 1. The lowest BCUT2D eigenvalue weighted by atomic mass is 9.90. The lowest BCUT2D eigenvalue weighted by Gasteiger charge is -2.26. The molecule has 2 atom stereocenters. The van der Waals surface area contributed by atoms with E-state index in [0.717, 1.165) is 11.1 Å². The molecule has 7 nitrogen and oxygen atoms in total. The Morgan fingerprint density at radius 2 is 1.65 bits per heavy atom. The van der Waals surface area contributed by atoms with Gasteiger partial charge in [0.25, 0.3) is 0 Å². The molecule has 0 bridgehead atoms. The van der Waals surface area contributed by atoms with E-state index in [-0.39, 0.29) is 36.8 Å². The minimum atomic E-state index is -0.906. The number of benzene rings is 2. The predicted octanol–water partition coefficient (Wildman–Crippen LogP) is 3.98. The number of carboxylic acids is 1. The first-order valence-electron chi connectivity index (χ1n) is 11.8. The molecule has 0 radical (unpaired) electrons. The second-order valence-electron chi connectivity index (χ2n) is 9.51. The first-order chi connectivity index (χ1) is 16.4. The molecule has 2 amide bonds. The molecule has 3 N–H and O–H groups in total. The van der Waals surface area contributed by atoms with Gasteiger partial charge < -0.3 is 20.5 Å². The van der Waals surface area contributed by atoms with E-state index < -0.39 is 17.6 Å². The second kappa shape index (κ2) is 8.97. The third-order valence-electron chi connectivity index (χ3n) is 7.08. The highest BCUT2D eigenvalue weighted by Crippen LogP contribution is 2.44. The molecule has 1 saturated carbocycles. The number of fused-ring (bicyclic) bond motifs is 3. The van der Waals surface area contributed by atoms with Crippen LogP contribution in [-0.4, -0.2) is 41.3 Å². The molecule has 3 aliphatic rings. The standard InChI is InChI=1S/C27H28N2O5/c30-24(31)15-27(12-13-27)29-25(32)17-6-5-7-18(14-17)28-26(33)34-16-23-21-10-3-1-8-19(21)20-9-2-4-11-22(20)23/h1-5,7-11,17-18,23H,6,12-16H2,(H,28,33)(H,29,32)(H,30,31)/t17-,18-/m1/s1. The summed E-state index contributed by atoms with van der Waals surface area (Å²) in [7, 11) is 0. The van der Waals surface area contributed by atoms with Gasteiger partial charge in [-0.15, -0.1) is 0 Å². The third kappa shape index (κ3) is 4.55. The number of carbonyl (C=O) groups excluding carboxylic acids is 2. The smallest absolute Gasteiger partial charge is 0.407 e. The summed E-state index contributed by atoms with van der Waals surface area (Å²) < 4.78 is 5.62. The third-order valence-corrected chi connectivity index (χ3v) is 7.08. The fourth-order valence-electron chi connectivity index (χ4n) is 5.15. The van der Waals surface area contributed by atoms with Gasteiger partial charge in [0.1, 0.15) is 6.61 Å². The van der Waals surface area contributed by atoms with E-state index >= 15 is 0 Å². The normalized spacial score (nSPS) is 21.8. The van der Waals surface area contributed by atoms with E-state index in [2.05, 4.69) is 34.9 Å². The van der Waals surface area contributed by atoms with E-state index in [1.54, 1.807) is 0 Å². The molecule has 176 valence electrons. The van der Waals surface area contributed by atoms with Gasteiger partial charge in [-0.05, 0) is 47.9 Å². The Balaban J connectivity index is 1.16. The molecule has 0 aliphatic heterocycles. The summed E-state index contributed by atoms with van der Waals surface area (Å²) in [5.41, 5.74) is 4.06. The molecule has 0 unspecified atom stereocenters. The number of carbonyl (C=O) groups is 3. The molecule has 2 aromatic carbocycles. The Morgan fingerprint density at radius 1 is 1.00 bits per heavy atom. The fourth-order valence-corrected chi connectivity index (χ4v) is 5.15. The number of nitrogens with one attached hydrogen (secondary N) is 2. The first kappa shape index (κ1) is 22.2. The van der Waals surface area contributed by atoms with Crippen LogP contribution in [0.3, 0.4) is 0 Å². The lowest BCUT2D eigenvalue weighted by Crippen LogP contribution is -2.45. The monoisotopic (exact) mass is 460 g/mol. The Morgan fingerprint density at radius 3 is 2.26 bits per heavy atom. The van der Waals surface area contributed by atoms with Gasteiger partial charge in [-0.1, -0.05) is 60.7 Å². The summed E-state index contributed by atoms with van der Waals surface area (Å²) in [5.74, 6) is -1.38. The number of amides is 2. The number of carboxylic acid groups (broad SMARTS) is 1. The largest absolute Gasteiger partial charge is 0.481 e. The van der Waals surface area contributed by atoms with Crippen molar-refractivity contribution in [3.8, 4) is 11.1 Å². The summed E-state index contributed by atoms with van der Waals surface area (Å²) in [5, 5.41) is 14.9. The average Bonchev–Trinajstić information content (AvgIpc) is 3.49. The van der Waals surface area contributed by atoms with E-state index in [1.807, 2.05) is 36.4 Å². The lowest BCUT2D eigenvalue weighted by molar-refractivity contribution is -0.138. The van der Waals surface area contributed by atoms with Crippen LogP contribution in [0.25, 0.3) is 11.1 Å². The zero-order chi connectivity index (χ0) is 23.7. The van der Waals surface area contributed by atoms with Crippen LogP contribution in [0, 0.1) is 5.92 Å². The predicted molar refractivity (Wildman–Crippen MR) is 126 cm³/mol. The summed E-state index contributed by atoms with van der Waals surface area (Å²) in [4.78, 5) is 36.4. The molecule has 0 spiro atoms. The number of hydrogen-bond acceptors (Lipinski definition) is 4. The van der Waals surface area contributed by atoms with Gasteiger partial charge in [-0.2, -0.15) is 0 Å². The van der Waals surface area contributed by atoms with Crippen LogP contribution < -0.4 is 10.6 Å². The average molecular weight is 461 g/mol. The van der Waals surface area contributed by atoms with Crippen LogP contribution in [0.5, 0.6) is 0 Å². The Hall–Kier alpha value is -3.61. The molecule has 0 saturated heterocycles. The van der Waals surface area contributed by atoms with Crippen molar-refractivity contribution in [2.75, 3.05) is 6.61 Å². The van der Waals surface area contributed by atoms with Gasteiger partial charge in [0.2, 0.25) is 5.91 Å². The Labute approximate surface area is 198 Å². The molecule has 0 heterocycles. The highest BCUT2D eigenvalue weighted by Gasteiger charge is 2.46. The maximum atomic E-state index is 12.7. The van der Waals surface area contributed by atoms with E-state index in [1.165, 1.54) is 11.1 Å². The quantitative estimate of drug-likeness (QED) is 0.542. The topological polar surface area (TPSA) is 105 Å². The molecule has 34 heavy (non-hydrogen) atoms. The van der Waals surface area contributed by atoms with Crippen LogP contribution in [0.15, 0.2) is 60.7 Å². The van der Waals surface area contributed by atoms with E-state index in [9.17, 15) is 14.4 Å². The highest BCUT2D eigenvalue weighted by molar-refractivity contribution is 5.82. The van der Waals surface area contributed by atoms with Crippen LogP contribution in [0.1, 0.15) is 49.1 Å². The number of alkyl carbamates (subject to hydrolysis) is 1. The van der Waals surface area contributed by atoms with E-state index in [4.69, 9.17) is 9.84 Å². The summed E-state index contributed by atoms with van der Waals surface area (Å²) in [6, 6.07) is 16.0. The molecule has 5 rings (SSSR count). The van der Waals surface area contributed by atoms with Gasteiger partial charge in [-0.25, -0.2) is 4.79 Å². The van der Waals surface area contributed by atoms with Gasteiger partial charge in [-0.3, -0.25) is 9.59 Å². The molecule has 3 aliphatic carbocycles. The summed E-state index contributed by atoms with van der Waals surface area (Å²) in [6.07, 6.45) is 5.61. The number of hydrogen-bond donors (Lipinski definition) is 3. The highest BCUT2D eigenvalue weighted by atomic mass is 16.5. The van der Waals surface area contributed by atoms with Crippen LogP contribution >= 0.6 is 0 Å². The summed E-state index contributed by atoms with van der Waals surface area (Å²) >= 11 is 0. The maximum Gasteiger partial charge on any atom is 0.407 e. The molecular weight excluding hydrogens is 432 g/mol. The molecule has 7 heteroatoms. The SMILES string of the molecule is O=C(O)CC1(NC(=O)[C@@H]2CC=C[C@@H](NC(=O)OCC3c4ccccc4-c4ccccc43)C2)CC1. The van der Waals surface area contributed by atoms with Crippen LogP contribution in [0.2, 0.25) is 0 Å². The first-order valence-corrected chi connectivity index (χ1v) is 11.8. The van der Waals surface area contributed by atoms with Gasteiger partial charge >= 0.3 is 12.1 Å². The molecule has 0 aromatic heterocycles. The van der Waals surface area contributed by atoms with Crippen molar-refractivity contribution < 1.29 is 24.2 Å². The maximum absolute atomic E-state index is 12.7. The Bertz CT molecular complexity index is 1110. The second-order valence-corrected chi connectivity index (χ2v) is 9.51. The van der Waals surface area contributed by atoms with Crippen molar-refractivity contribution in [1.29, 1.82) is 0 Å². The van der Waals surface area contributed by atoms with Crippen LogP contribution in [-0.2, 0) is 14.3 Å².